The molecule has 0 aliphatic heterocycles. The van der Waals surface area contributed by atoms with E-state index in [1.54, 1.807) is 6.07 Å². The van der Waals surface area contributed by atoms with Gasteiger partial charge in [-0.05, 0) is 37.3 Å². The van der Waals surface area contributed by atoms with Crippen molar-refractivity contribution in [2.45, 2.75) is 76.5 Å². The molecule has 0 aromatic heterocycles. The molecule has 6 nitrogen and oxygen atoms in total. The van der Waals surface area contributed by atoms with Gasteiger partial charge in [-0.1, -0.05) is 46.0 Å². The third kappa shape index (κ3) is 11.6. The molecule has 1 aromatic carbocycles. The zero-order chi connectivity index (χ0) is 20.8. The van der Waals surface area contributed by atoms with Gasteiger partial charge in [0.05, 0.1) is 18.6 Å². The quantitative estimate of drug-likeness (QED) is 0.222. The molecule has 8 heteroatoms. The van der Waals surface area contributed by atoms with E-state index in [4.69, 9.17) is 14.2 Å². The number of benzene rings is 1. The summed E-state index contributed by atoms with van der Waals surface area (Å²) >= 11 is 0. The summed E-state index contributed by atoms with van der Waals surface area (Å²) < 4.78 is 51.8. The number of hydrogen-bond acceptors (Lipinski definition) is 6. The van der Waals surface area contributed by atoms with Crippen LogP contribution in [-0.2, 0) is 21.3 Å². The molecule has 1 aromatic rings. The summed E-state index contributed by atoms with van der Waals surface area (Å²) in [6.07, 6.45) is 8.52. The molecule has 162 valence electrons. The fourth-order valence-corrected chi connectivity index (χ4v) is 3.65. The molecule has 0 fully saturated rings. The molecule has 0 N–H and O–H groups in total. The average Bonchev–Trinajstić information content (AvgIpc) is 2.66. The van der Waals surface area contributed by atoms with Crippen molar-refractivity contribution in [2.24, 2.45) is 0 Å². The van der Waals surface area contributed by atoms with Gasteiger partial charge in [-0.25, -0.2) is 8.42 Å². The predicted molar refractivity (Wildman–Crippen MR) is 109 cm³/mol. The van der Waals surface area contributed by atoms with Crippen LogP contribution in [-0.4, -0.2) is 39.9 Å². The Bertz CT molecular complexity index is 663. The van der Waals surface area contributed by atoms with Gasteiger partial charge in [-0.15, -0.1) is 0 Å². The molecule has 29 heavy (non-hydrogen) atoms. The van der Waals surface area contributed by atoms with Gasteiger partial charge in [0.1, 0.15) is 10.1 Å². The molecule has 0 saturated carbocycles. The first-order valence-electron chi connectivity index (χ1n) is 10.3. The minimum atomic E-state index is -4.60. The Morgan fingerprint density at radius 2 is 1.48 bits per heavy atom. The monoisotopic (exact) mass is 438 g/mol. The Kier molecular flexibility index (Phi) is 16.2. The van der Waals surface area contributed by atoms with Crippen molar-refractivity contribution in [3.63, 3.8) is 0 Å². The van der Waals surface area contributed by atoms with E-state index in [1.807, 2.05) is 0 Å². The smallest absolute Gasteiger partial charge is 0.744 e. The predicted octanol–water partition coefficient (Wildman–Crippen LogP) is 1.70. The van der Waals surface area contributed by atoms with Crippen LogP contribution in [0.25, 0.3) is 0 Å². The van der Waals surface area contributed by atoms with Crippen LogP contribution in [0.2, 0.25) is 0 Å². The van der Waals surface area contributed by atoms with Gasteiger partial charge in [0.2, 0.25) is 0 Å². The number of methoxy groups -OCH3 is 1. The molecule has 1 rings (SSSR count). The molecule has 0 amide bonds. The van der Waals surface area contributed by atoms with E-state index in [0.29, 0.717) is 49.7 Å². The first-order chi connectivity index (χ1) is 13.4. The van der Waals surface area contributed by atoms with Gasteiger partial charge in [0.25, 0.3) is 0 Å². The zero-order valence-electron chi connectivity index (χ0n) is 18.5. The van der Waals surface area contributed by atoms with E-state index in [2.05, 4.69) is 13.8 Å². The largest absolute Gasteiger partial charge is 1.00 e. The van der Waals surface area contributed by atoms with Crippen molar-refractivity contribution in [3.05, 3.63) is 17.7 Å². The normalized spacial score (nSPS) is 11.2. The van der Waals surface area contributed by atoms with Crippen LogP contribution in [0.1, 0.15) is 70.8 Å². The fourth-order valence-electron chi connectivity index (χ4n) is 2.92. The Morgan fingerprint density at radius 3 is 2.10 bits per heavy atom. The van der Waals surface area contributed by atoms with Gasteiger partial charge in [-0.3, -0.25) is 0 Å². The van der Waals surface area contributed by atoms with Crippen molar-refractivity contribution in [1.29, 1.82) is 0 Å². The van der Waals surface area contributed by atoms with Crippen molar-refractivity contribution >= 4 is 10.1 Å². The van der Waals surface area contributed by atoms with Crippen LogP contribution in [0, 0.1) is 0 Å². The second-order valence-corrected chi connectivity index (χ2v) is 8.25. The van der Waals surface area contributed by atoms with Crippen molar-refractivity contribution in [1.82, 2.24) is 0 Å². The second kappa shape index (κ2) is 16.4. The van der Waals surface area contributed by atoms with E-state index in [-0.39, 0.29) is 34.5 Å². The Morgan fingerprint density at radius 1 is 0.862 bits per heavy atom. The molecule has 0 saturated heterocycles. The molecule has 0 heterocycles. The standard InChI is InChI=1S/C21H36O6S.Na/c1-4-6-8-10-15-27-20-17-21(28(22,23)24)18(16-19(20)25-3)12-11-14-26-13-9-7-5-2;/h16-17H,4-15H2,1-3H3,(H,22,23,24);/q;+1/p-1. The minimum Gasteiger partial charge on any atom is -0.744 e. The van der Waals surface area contributed by atoms with Crippen LogP contribution < -0.4 is 39.0 Å². The molecule has 0 unspecified atom stereocenters. The molecular formula is C21H35NaO6S. The van der Waals surface area contributed by atoms with Gasteiger partial charge < -0.3 is 18.8 Å². The summed E-state index contributed by atoms with van der Waals surface area (Å²) in [5.74, 6) is 0.745. The average molecular weight is 439 g/mol. The van der Waals surface area contributed by atoms with Crippen molar-refractivity contribution < 1.29 is 56.7 Å². The van der Waals surface area contributed by atoms with Crippen LogP contribution in [0.3, 0.4) is 0 Å². The topological polar surface area (TPSA) is 84.9 Å². The van der Waals surface area contributed by atoms with Gasteiger partial charge >= 0.3 is 29.6 Å². The van der Waals surface area contributed by atoms with Gasteiger partial charge in [0.15, 0.2) is 11.5 Å². The van der Waals surface area contributed by atoms with E-state index in [9.17, 15) is 13.0 Å². The summed E-state index contributed by atoms with van der Waals surface area (Å²) in [5, 5.41) is 0. The number of ether oxygens (including phenoxy) is 3. The summed E-state index contributed by atoms with van der Waals surface area (Å²) in [6, 6.07) is 2.90. The molecule has 0 spiro atoms. The molecule has 0 atom stereocenters. The molecular weight excluding hydrogens is 403 g/mol. The maximum Gasteiger partial charge on any atom is 1.00 e. The minimum absolute atomic E-state index is 0. The molecule has 0 aliphatic rings. The van der Waals surface area contributed by atoms with Crippen molar-refractivity contribution in [3.8, 4) is 11.5 Å². The van der Waals surface area contributed by atoms with E-state index in [1.165, 1.54) is 13.2 Å². The van der Waals surface area contributed by atoms with Crippen molar-refractivity contribution in [2.75, 3.05) is 26.9 Å². The van der Waals surface area contributed by atoms with E-state index in [0.717, 1.165) is 44.9 Å². The first kappa shape index (κ1) is 28.7. The Balaban J connectivity index is 0.00000784. The second-order valence-electron chi connectivity index (χ2n) is 6.90. The van der Waals surface area contributed by atoms with Gasteiger partial charge in [-0.2, -0.15) is 0 Å². The van der Waals surface area contributed by atoms with Gasteiger partial charge in [0, 0.05) is 19.3 Å². The Labute approximate surface area is 198 Å². The number of rotatable bonds is 16. The molecule has 0 bridgehead atoms. The molecule has 0 radical (unpaired) electrons. The zero-order valence-corrected chi connectivity index (χ0v) is 21.3. The van der Waals surface area contributed by atoms with Crippen LogP contribution >= 0.6 is 0 Å². The third-order valence-electron chi connectivity index (χ3n) is 4.50. The van der Waals surface area contributed by atoms with E-state index >= 15 is 0 Å². The summed E-state index contributed by atoms with van der Waals surface area (Å²) in [5.41, 5.74) is 0.447. The summed E-state index contributed by atoms with van der Waals surface area (Å²) in [6.45, 7) is 5.95. The van der Waals surface area contributed by atoms with Crippen LogP contribution in [0.4, 0.5) is 0 Å². The number of aryl methyl sites for hydroxylation is 1. The maximum atomic E-state index is 11.7. The Hall–Kier alpha value is -0.310. The first-order valence-corrected chi connectivity index (χ1v) is 11.7. The number of unbranched alkanes of at least 4 members (excludes halogenated alkanes) is 5. The van der Waals surface area contributed by atoms with Crippen LogP contribution in [0.15, 0.2) is 17.0 Å². The summed E-state index contributed by atoms with van der Waals surface area (Å²) in [7, 11) is -3.10. The number of hydrogen-bond donors (Lipinski definition) is 0. The SMILES string of the molecule is CCCCCCOc1cc(S(=O)(=O)[O-])c(CCCOCCCCC)cc1OC.[Na+]. The van der Waals surface area contributed by atoms with E-state index < -0.39 is 10.1 Å². The molecule has 0 aliphatic carbocycles. The maximum absolute atomic E-state index is 11.7. The summed E-state index contributed by atoms with van der Waals surface area (Å²) in [4.78, 5) is -0.233. The fraction of sp³-hybridized carbons (Fsp3) is 0.714. The third-order valence-corrected chi connectivity index (χ3v) is 5.42. The van der Waals surface area contributed by atoms with Crippen LogP contribution in [0.5, 0.6) is 11.5 Å².